The van der Waals surface area contributed by atoms with Crippen molar-refractivity contribution in [2.75, 3.05) is 20.3 Å². The molecule has 144 valence electrons. The Labute approximate surface area is 162 Å². The van der Waals surface area contributed by atoms with E-state index in [2.05, 4.69) is 16.3 Å². The second kappa shape index (κ2) is 7.44. The highest BCUT2D eigenvalue weighted by Crippen LogP contribution is 2.29. The van der Waals surface area contributed by atoms with Gasteiger partial charge in [0.1, 0.15) is 7.11 Å². The summed E-state index contributed by atoms with van der Waals surface area (Å²) < 4.78 is 1.86. The van der Waals surface area contributed by atoms with Crippen LogP contribution in [0.1, 0.15) is 16.8 Å². The fraction of sp³-hybridized carbons (Fsp3) is 0.286. The highest BCUT2D eigenvalue weighted by molar-refractivity contribution is 6.01. The fourth-order valence-corrected chi connectivity index (χ4v) is 3.79. The summed E-state index contributed by atoms with van der Waals surface area (Å²) in [5.74, 6) is -0.120. The highest BCUT2D eigenvalue weighted by atomic mass is 16.6. The number of aliphatic hydroxyl groups is 1. The summed E-state index contributed by atoms with van der Waals surface area (Å²) in [7, 11) is 3.40. The third-order valence-electron chi connectivity index (χ3n) is 5.16. The molecule has 2 heterocycles. The number of hydrogen-bond acceptors (Lipinski definition) is 5. The number of likely N-dealkylation sites (tertiary alicyclic amines) is 1. The van der Waals surface area contributed by atoms with Crippen molar-refractivity contribution in [3.8, 4) is 11.1 Å². The highest BCUT2D eigenvalue weighted by Gasteiger charge is 2.33. The van der Waals surface area contributed by atoms with Gasteiger partial charge >= 0.3 is 0 Å². The average Bonchev–Trinajstić information content (AvgIpc) is 3.31. The minimum atomic E-state index is -0.274. The number of nitrogens with zero attached hydrogens (tertiary/aromatic N) is 4. The lowest BCUT2D eigenvalue weighted by molar-refractivity contribution is 0.0680. The van der Waals surface area contributed by atoms with Gasteiger partial charge in [-0.1, -0.05) is 35.5 Å². The van der Waals surface area contributed by atoms with Gasteiger partial charge in [-0.25, -0.2) is 0 Å². The number of amides is 1. The van der Waals surface area contributed by atoms with Crippen LogP contribution < -0.4 is 0 Å². The summed E-state index contributed by atoms with van der Waals surface area (Å²) in [6.07, 6.45) is 2.37. The second-order valence-electron chi connectivity index (χ2n) is 6.90. The van der Waals surface area contributed by atoms with Crippen LogP contribution in [-0.4, -0.2) is 57.7 Å². The van der Waals surface area contributed by atoms with Crippen LogP contribution in [0.2, 0.25) is 0 Å². The Morgan fingerprint density at radius 3 is 2.79 bits per heavy atom. The molecule has 1 aromatic heterocycles. The van der Waals surface area contributed by atoms with E-state index in [0.29, 0.717) is 18.5 Å². The Kier molecular flexibility index (Phi) is 4.83. The van der Waals surface area contributed by atoms with E-state index in [-0.39, 0.29) is 18.6 Å². The lowest BCUT2D eigenvalue weighted by Crippen LogP contribution is -2.37. The van der Waals surface area contributed by atoms with Gasteiger partial charge in [-0.15, -0.1) is 0 Å². The maximum absolute atomic E-state index is 12.9. The smallest absolute Gasteiger partial charge is 0.254 e. The summed E-state index contributed by atoms with van der Waals surface area (Å²) >= 11 is 0. The molecule has 1 saturated heterocycles. The van der Waals surface area contributed by atoms with Crippen LogP contribution in [0.3, 0.4) is 0 Å². The summed E-state index contributed by atoms with van der Waals surface area (Å²) in [6.45, 7) is 0.267. The van der Waals surface area contributed by atoms with E-state index in [1.807, 2.05) is 54.3 Å². The summed E-state index contributed by atoms with van der Waals surface area (Å²) in [5.41, 5.74) is 4.49. The monoisotopic (exact) mass is 378 g/mol. The SMILES string of the molecule is CON=C1CC(CO)N(C(=O)c2ccc(-c3cccc4cnn(C)c34)cc2)C1. The third kappa shape index (κ3) is 3.14. The first-order valence-corrected chi connectivity index (χ1v) is 9.14. The van der Waals surface area contributed by atoms with Gasteiger partial charge in [-0.2, -0.15) is 5.10 Å². The van der Waals surface area contributed by atoms with Crippen molar-refractivity contribution < 1.29 is 14.7 Å². The maximum atomic E-state index is 12.9. The summed E-state index contributed by atoms with van der Waals surface area (Å²) in [6, 6.07) is 13.4. The van der Waals surface area contributed by atoms with Gasteiger partial charge < -0.3 is 14.8 Å². The first kappa shape index (κ1) is 18.2. The largest absolute Gasteiger partial charge is 0.399 e. The minimum absolute atomic E-state index is 0.102. The van der Waals surface area contributed by atoms with Crippen LogP contribution in [0, 0.1) is 0 Å². The van der Waals surface area contributed by atoms with E-state index in [0.717, 1.165) is 27.7 Å². The van der Waals surface area contributed by atoms with Gasteiger partial charge in [-0.3, -0.25) is 9.48 Å². The maximum Gasteiger partial charge on any atom is 0.254 e. The van der Waals surface area contributed by atoms with E-state index in [1.54, 1.807) is 4.90 Å². The molecule has 1 atom stereocenters. The molecule has 7 nitrogen and oxygen atoms in total. The molecule has 0 bridgehead atoms. The quantitative estimate of drug-likeness (QED) is 0.707. The predicted octanol–water partition coefficient (Wildman–Crippen LogP) is 2.45. The number of carbonyl (C=O) groups is 1. The van der Waals surface area contributed by atoms with Gasteiger partial charge in [0, 0.05) is 30.0 Å². The summed E-state index contributed by atoms with van der Waals surface area (Å²) in [4.78, 5) is 19.4. The zero-order valence-electron chi connectivity index (χ0n) is 15.9. The number of rotatable bonds is 4. The second-order valence-corrected chi connectivity index (χ2v) is 6.90. The zero-order valence-corrected chi connectivity index (χ0v) is 15.9. The number of aryl methyl sites for hydroxylation is 1. The number of aromatic nitrogens is 2. The summed E-state index contributed by atoms with van der Waals surface area (Å²) in [5, 5.41) is 19.0. The Morgan fingerprint density at radius 1 is 1.29 bits per heavy atom. The number of para-hydroxylation sites is 1. The molecule has 28 heavy (non-hydrogen) atoms. The molecule has 2 aromatic carbocycles. The fourth-order valence-electron chi connectivity index (χ4n) is 3.79. The number of benzene rings is 2. The lowest BCUT2D eigenvalue weighted by atomic mass is 10.0. The van der Waals surface area contributed by atoms with Crippen molar-refractivity contribution in [3.63, 3.8) is 0 Å². The molecule has 1 aliphatic heterocycles. The van der Waals surface area contributed by atoms with Crippen molar-refractivity contribution in [1.82, 2.24) is 14.7 Å². The Hall–Kier alpha value is -3.19. The van der Waals surface area contributed by atoms with E-state index >= 15 is 0 Å². The van der Waals surface area contributed by atoms with Crippen molar-refractivity contribution >= 4 is 22.5 Å². The number of carbonyl (C=O) groups excluding carboxylic acids is 1. The van der Waals surface area contributed by atoms with Gasteiger partial charge in [0.25, 0.3) is 5.91 Å². The van der Waals surface area contributed by atoms with Gasteiger partial charge in [-0.05, 0) is 17.7 Å². The van der Waals surface area contributed by atoms with E-state index in [4.69, 9.17) is 4.84 Å². The van der Waals surface area contributed by atoms with Crippen LogP contribution in [0.25, 0.3) is 22.0 Å². The molecule has 0 spiro atoms. The molecular formula is C21H22N4O3. The van der Waals surface area contributed by atoms with Gasteiger partial charge in [0.15, 0.2) is 0 Å². The van der Waals surface area contributed by atoms with Crippen molar-refractivity contribution in [2.45, 2.75) is 12.5 Å². The van der Waals surface area contributed by atoms with Crippen LogP contribution in [0.4, 0.5) is 0 Å². The molecule has 0 radical (unpaired) electrons. The average molecular weight is 378 g/mol. The Morgan fingerprint density at radius 2 is 2.07 bits per heavy atom. The molecule has 7 heteroatoms. The van der Waals surface area contributed by atoms with Crippen LogP contribution >= 0.6 is 0 Å². The third-order valence-corrected chi connectivity index (χ3v) is 5.16. The first-order chi connectivity index (χ1) is 13.6. The molecule has 0 aliphatic carbocycles. The first-order valence-electron chi connectivity index (χ1n) is 9.14. The van der Waals surface area contributed by atoms with Crippen LogP contribution in [0.5, 0.6) is 0 Å². The van der Waals surface area contributed by atoms with E-state index in [1.165, 1.54) is 7.11 Å². The number of aliphatic hydroxyl groups excluding tert-OH is 1. The van der Waals surface area contributed by atoms with Crippen molar-refractivity contribution in [2.24, 2.45) is 12.2 Å². The Bertz CT molecular complexity index is 1040. The normalized spacial score (nSPS) is 18.2. The predicted molar refractivity (Wildman–Crippen MR) is 107 cm³/mol. The molecule has 1 aliphatic rings. The van der Waals surface area contributed by atoms with Crippen molar-refractivity contribution in [3.05, 3.63) is 54.2 Å². The molecule has 3 aromatic rings. The van der Waals surface area contributed by atoms with Gasteiger partial charge in [0.2, 0.25) is 0 Å². The van der Waals surface area contributed by atoms with Crippen molar-refractivity contribution in [1.29, 1.82) is 0 Å². The molecule has 1 amide bonds. The number of fused-ring (bicyclic) bond motifs is 1. The topological polar surface area (TPSA) is 80.0 Å². The molecular weight excluding hydrogens is 356 g/mol. The zero-order chi connectivity index (χ0) is 19.7. The molecule has 1 fully saturated rings. The molecule has 1 N–H and O–H groups in total. The lowest BCUT2D eigenvalue weighted by Gasteiger charge is -2.22. The standard InChI is InChI=1S/C21H22N4O3/c1-24-20-16(11-22-24)4-3-5-19(20)14-6-8-15(9-7-14)21(27)25-12-17(23-28-2)10-18(25)13-26/h3-9,11,18,26H,10,12-13H2,1-2H3. The van der Waals surface area contributed by atoms with E-state index in [9.17, 15) is 9.90 Å². The number of oxime groups is 1. The van der Waals surface area contributed by atoms with Crippen LogP contribution in [-0.2, 0) is 11.9 Å². The minimum Gasteiger partial charge on any atom is -0.399 e. The van der Waals surface area contributed by atoms with Crippen LogP contribution in [0.15, 0.2) is 53.8 Å². The van der Waals surface area contributed by atoms with Gasteiger partial charge in [0.05, 0.1) is 36.6 Å². The Balaban J connectivity index is 1.62. The molecule has 1 unspecified atom stereocenters. The molecule has 0 saturated carbocycles. The molecule has 4 rings (SSSR count). The van der Waals surface area contributed by atoms with E-state index < -0.39 is 0 Å². The number of hydrogen-bond donors (Lipinski definition) is 1.